The third-order valence-corrected chi connectivity index (χ3v) is 3.96. The monoisotopic (exact) mass is 245 g/mol. The Balaban J connectivity index is 1.73. The number of nitrogens with one attached hydrogen (secondary N) is 1. The number of hydrogen-bond acceptors (Lipinski definition) is 2. The number of hydrogen-bond donors (Lipinski definition) is 1. The molecule has 1 amide bonds. The van der Waals surface area contributed by atoms with Gasteiger partial charge in [-0.3, -0.25) is 4.79 Å². The van der Waals surface area contributed by atoms with Crippen LogP contribution < -0.4 is 10.1 Å². The predicted octanol–water partition coefficient (Wildman–Crippen LogP) is 2.08. The lowest BCUT2D eigenvalue weighted by Crippen LogP contribution is -2.39. The molecule has 96 valence electrons. The van der Waals surface area contributed by atoms with Crippen molar-refractivity contribution >= 4 is 5.91 Å². The van der Waals surface area contributed by atoms with Crippen LogP contribution in [0, 0.1) is 5.92 Å². The van der Waals surface area contributed by atoms with Gasteiger partial charge in [0.25, 0.3) is 0 Å². The summed E-state index contributed by atoms with van der Waals surface area (Å²) in [7, 11) is 1.71. The largest absolute Gasteiger partial charge is 0.496 e. The number of aryl methyl sites for hydroxylation is 1. The average molecular weight is 245 g/mol. The lowest BCUT2D eigenvalue weighted by atomic mass is 9.87. The quantitative estimate of drug-likeness (QED) is 0.885. The van der Waals surface area contributed by atoms with E-state index in [1.807, 2.05) is 12.1 Å². The number of carbonyl (C=O) groups is 1. The molecule has 3 heteroatoms. The Bertz CT molecular complexity index is 451. The van der Waals surface area contributed by atoms with Gasteiger partial charge in [-0.15, -0.1) is 0 Å². The fourth-order valence-corrected chi connectivity index (χ4v) is 2.73. The molecular formula is C15H19NO2. The molecule has 0 heterocycles. The zero-order chi connectivity index (χ0) is 12.5. The zero-order valence-electron chi connectivity index (χ0n) is 10.7. The van der Waals surface area contributed by atoms with Crippen LogP contribution in [-0.2, 0) is 17.6 Å². The Kier molecular flexibility index (Phi) is 2.98. The van der Waals surface area contributed by atoms with Gasteiger partial charge in [0.15, 0.2) is 0 Å². The van der Waals surface area contributed by atoms with E-state index in [0.717, 1.165) is 37.9 Å². The first-order chi connectivity index (χ1) is 8.78. The van der Waals surface area contributed by atoms with Crippen molar-refractivity contribution in [1.82, 2.24) is 5.32 Å². The van der Waals surface area contributed by atoms with Gasteiger partial charge < -0.3 is 10.1 Å². The Morgan fingerprint density at radius 2 is 2.17 bits per heavy atom. The van der Waals surface area contributed by atoms with E-state index in [1.165, 1.54) is 11.1 Å². The van der Waals surface area contributed by atoms with Crippen molar-refractivity contribution in [3.63, 3.8) is 0 Å². The van der Waals surface area contributed by atoms with Crippen molar-refractivity contribution < 1.29 is 9.53 Å². The molecule has 0 saturated heterocycles. The van der Waals surface area contributed by atoms with E-state index in [-0.39, 0.29) is 11.9 Å². The van der Waals surface area contributed by atoms with E-state index in [1.54, 1.807) is 7.11 Å². The van der Waals surface area contributed by atoms with Gasteiger partial charge in [0, 0.05) is 12.0 Å². The van der Waals surface area contributed by atoms with Crippen molar-refractivity contribution in [3.05, 3.63) is 29.3 Å². The molecule has 18 heavy (non-hydrogen) atoms. The number of benzene rings is 1. The van der Waals surface area contributed by atoms with Crippen LogP contribution in [0.4, 0.5) is 0 Å². The highest BCUT2D eigenvalue weighted by Gasteiger charge is 2.32. The molecule has 0 bridgehead atoms. The summed E-state index contributed by atoms with van der Waals surface area (Å²) in [6, 6.07) is 6.49. The minimum atomic E-state index is 0.248. The summed E-state index contributed by atoms with van der Waals surface area (Å²) in [5, 5.41) is 3.18. The summed E-state index contributed by atoms with van der Waals surface area (Å²) < 4.78 is 5.41. The van der Waals surface area contributed by atoms with Crippen LogP contribution >= 0.6 is 0 Å². The first kappa shape index (κ1) is 11.6. The summed E-state index contributed by atoms with van der Waals surface area (Å²) in [5.41, 5.74) is 2.64. The maximum absolute atomic E-state index is 11.8. The zero-order valence-corrected chi connectivity index (χ0v) is 10.7. The van der Waals surface area contributed by atoms with Crippen molar-refractivity contribution in [2.75, 3.05) is 7.11 Å². The first-order valence-electron chi connectivity index (χ1n) is 6.73. The highest BCUT2D eigenvalue weighted by Crippen LogP contribution is 2.32. The fraction of sp³-hybridized carbons (Fsp3) is 0.533. The number of carbonyl (C=O) groups excluding carboxylic acids is 1. The van der Waals surface area contributed by atoms with Gasteiger partial charge in [-0.1, -0.05) is 12.1 Å². The number of rotatable bonds is 3. The van der Waals surface area contributed by atoms with Crippen molar-refractivity contribution in [1.29, 1.82) is 0 Å². The molecule has 0 radical (unpaired) electrons. The van der Waals surface area contributed by atoms with Gasteiger partial charge in [-0.05, 0) is 49.3 Å². The van der Waals surface area contributed by atoms with E-state index >= 15 is 0 Å². The Labute approximate surface area is 108 Å². The molecule has 2 aliphatic carbocycles. The van der Waals surface area contributed by atoms with E-state index in [2.05, 4.69) is 11.4 Å². The highest BCUT2D eigenvalue weighted by atomic mass is 16.5. The van der Waals surface area contributed by atoms with Gasteiger partial charge >= 0.3 is 0 Å². The third kappa shape index (κ3) is 2.22. The molecule has 3 rings (SSSR count). The molecule has 1 N–H and O–H groups in total. The van der Waals surface area contributed by atoms with Gasteiger partial charge in [0.1, 0.15) is 5.75 Å². The highest BCUT2D eigenvalue weighted by molar-refractivity contribution is 5.81. The van der Waals surface area contributed by atoms with Crippen LogP contribution in [0.25, 0.3) is 0 Å². The molecule has 0 unspecified atom stereocenters. The number of fused-ring (bicyclic) bond motifs is 1. The molecule has 0 aliphatic heterocycles. The van der Waals surface area contributed by atoms with Gasteiger partial charge in [-0.2, -0.15) is 0 Å². The molecular weight excluding hydrogens is 226 g/mol. The number of methoxy groups -OCH3 is 1. The van der Waals surface area contributed by atoms with Crippen LogP contribution in [0.5, 0.6) is 5.75 Å². The smallest absolute Gasteiger partial charge is 0.223 e. The summed E-state index contributed by atoms with van der Waals surface area (Å²) in [6.07, 6.45) is 5.11. The Morgan fingerprint density at radius 3 is 2.89 bits per heavy atom. The molecule has 0 aromatic heterocycles. The second-order valence-corrected chi connectivity index (χ2v) is 5.32. The molecule has 3 nitrogen and oxygen atoms in total. The van der Waals surface area contributed by atoms with Crippen molar-refractivity contribution in [2.45, 2.75) is 38.1 Å². The normalized spacial score (nSPS) is 22.2. The van der Waals surface area contributed by atoms with E-state index in [0.29, 0.717) is 5.92 Å². The predicted molar refractivity (Wildman–Crippen MR) is 69.7 cm³/mol. The second kappa shape index (κ2) is 4.63. The number of amides is 1. The van der Waals surface area contributed by atoms with Crippen LogP contribution in [0.15, 0.2) is 18.2 Å². The Hall–Kier alpha value is -1.51. The fourth-order valence-electron chi connectivity index (χ4n) is 2.73. The minimum absolute atomic E-state index is 0.248. The summed E-state index contributed by atoms with van der Waals surface area (Å²) in [4.78, 5) is 11.8. The SMILES string of the molecule is COc1cccc2c1C[C@H](NC(=O)C1CC1)CC2. The van der Waals surface area contributed by atoms with E-state index < -0.39 is 0 Å². The maximum Gasteiger partial charge on any atom is 0.223 e. The summed E-state index contributed by atoms with van der Waals surface area (Å²) in [5.74, 6) is 1.50. The van der Waals surface area contributed by atoms with E-state index in [4.69, 9.17) is 4.74 Å². The van der Waals surface area contributed by atoms with Gasteiger partial charge in [0.05, 0.1) is 7.11 Å². The molecule has 1 aromatic carbocycles. The molecule has 2 aliphatic rings. The summed E-state index contributed by atoms with van der Waals surface area (Å²) in [6.45, 7) is 0. The standard InChI is InChI=1S/C15H19NO2/c1-18-14-4-2-3-10-7-8-12(9-13(10)14)16-15(17)11-5-6-11/h2-4,11-12H,5-9H2,1H3,(H,16,17)/t12-/m1/s1. The average Bonchev–Trinajstić information content (AvgIpc) is 3.22. The maximum atomic E-state index is 11.8. The molecule has 1 atom stereocenters. The van der Waals surface area contributed by atoms with Crippen LogP contribution in [-0.4, -0.2) is 19.1 Å². The lowest BCUT2D eigenvalue weighted by molar-refractivity contribution is -0.123. The van der Waals surface area contributed by atoms with Crippen LogP contribution in [0.3, 0.4) is 0 Å². The van der Waals surface area contributed by atoms with E-state index in [9.17, 15) is 4.79 Å². The van der Waals surface area contributed by atoms with Crippen LogP contribution in [0.2, 0.25) is 0 Å². The van der Waals surface area contributed by atoms with Gasteiger partial charge in [0.2, 0.25) is 5.91 Å². The topological polar surface area (TPSA) is 38.3 Å². The van der Waals surface area contributed by atoms with Crippen molar-refractivity contribution in [3.8, 4) is 5.75 Å². The molecule has 1 saturated carbocycles. The van der Waals surface area contributed by atoms with Gasteiger partial charge in [-0.25, -0.2) is 0 Å². The Morgan fingerprint density at radius 1 is 1.33 bits per heavy atom. The van der Waals surface area contributed by atoms with Crippen LogP contribution in [0.1, 0.15) is 30.4 Å². The summed E-state index contributed by atoms with van der Waals surface area (Å²) >= 11 is 0. The molecule has 1 aromatic rings. The minimum Gasteiger partial charge on any atom is -0.496 e. The lowest BCUT2D eigenvalue weighted by Gasteiger charge is -2.26. The molecule has 0 spiro atoms. The first-order valence-corrected chi connectivity index (χ1v) is 6.73. The van der Waals surface area contributed by atoms with Crippen molar-refractivity contribution in [2.24, 2.45) is 5.92 Å². The third-order valence-electron chi connectivity index (χ3n) is 3.96. The number of ether oxygens (including phenoxy) is 1. The molecule has 1 fully saturated rings. The second-order valence-electron chi connectivity index (χ2n) is 5.32.